The second kappa shape index (κ2) is 7.09. The monoisotopic (exact) mass is 423 g/mol. The summed E-state index contributed by atoms with van der Waals surface area (Å²) in [6.07, 6.45) is -3.27. The van der Waals surface area contributed by atoms with Gasteiger partial charge in [-0.1, -0.05) is 11.6 Å². The van der Waals surface area contributed by atoms with Crippen LogP contribution in [0, 0.1) is 0 Å². The summed E-state index contributed by atoms with van der Waals surface area (Å²) >= 11 is 5.95. The van der Waals surface area contributed by atoms with Gasteiger partial charge in [-0.05, 0) is 31.0 Å². The average molecular weight is 424 g/mol. The summed E-state index contributed by atoms with van der Waals surface area (Å²) in [4.78, 5) is 15.3. The molecule has 146 valence electrons. The lowest BCUT2D eigenvalue weighted by Crippen LogP contribution is -2.28. The van der Waals surface area contributed by atoms with E-state index in [0.717, 1.165) is 18.9 Å². The van der Waals surface area contributed by atoms with Crippen molar-refractivity contribution in [2.75, 3.05) is 18.4 Å². The fourth-order valence-electron chi connectivity index (χ4n) is 2.53. The molecule has 8 nitrogen and oxygen atoms in total. The van der Waals surface area contributed by atoms with Crippen LogP contribution in [0.1, 0.15) is 29.0 Å². The summed E-state index contributed by atoms with van der Waals surface area (Å²) in [5, 5.41) is 6.89. The number of aromatic nitrogens is 3. The molecule has 0 unspecified atom stereocenters. The van der Waals surface area contributed by atoms with Crippen LogP contribution in [-0.2, 0) is 16.2 Å². The first-order valence-corrected chi connectivity index (χ1v) is 9.51. The van der Waals surface area contributed by atoms with E-state index in [9.17, 15) is 26.4 Å². The number of carbonyl (C=O) groups is 1. The van der Waals surface area contributed by atoms with E-state index in [1.54, 1.807) is 5.10 Å². The number of alkyl halides is 3. The van der Waals surface area contributed by atoms with Crippen molar-refractivity contribution in [1.29, 1.82) is 0 Å². The van der Waals surface area contributed by atoms with Gasteiger partial charge in [-0.15, -0.1) is 5.10 Å². The molecule has 1 aromatic carbocycles. The molecule has 1 aliphatic rings. The first-order chi connectivity index (χ1) is 12.6. The van der Waals surface area contributed by atoms with Crippen LogP contribution in [0.25, 0.3) is 0 Å². The maximum atomic E-state index is 12.6. The number of hydrogen-bond donors (Lipinski definition) is 2. The second-order valence-electron chi connectivity index (χ2n) is 5.71. The van der Waals surface area contributed by atoms with Crippen molar-refractivity contribution < 1.29 is 26.4 Å². The number of nitrogens with one attached hydrogen (secondary N) is 2. The Kier molecular flexibility index (Phi) is 5.14. The van der Waals surface area contributed by atoms with E-state index < -0.39 is 33.9 Å². The van der Waals surface area contributed by atoms with Crippen molar-refractivity contribution in [3.8, 4) is 0 Å². The largest absolute Gasteiger partial charge is 0.451 e. The van der Waals surface area contributed by atoms with Gasteiger partial charge in [0.2, 0.25) is 21.8 Å². The molecule has 2 aromatic rings. The SMILES string of the molecule is O=C(Nc1n[nH]c(C(F)(F)F)n1)c1cc(S(=O)(=O)N2CCCC2)ccc1Cl. The summed E-state index contributed by atoms with van der Waals surface area (Å²) in [6, 6.07) is 3.57. The van der Waals surface area contributed by atoms with Gasteiger partial charge in [0.05, 0.1) is 15.5 Å². The summed E-state index contributed by atoms with van der Waals surface area (Å²) in [6.45, 7) is 0.758. The van der Waals surface area contributed by atoms with Crippen molar-refractivity contribution in [2.45, 2.75) is 23.9 Å². The van der Waals surface area contributed by atoms with Crippen LogP contribution in [-0.4, -0.2) is 46.9 Å². The van der Waals surface area contributed by atoms with Gasteiger partial charge in [-0.3, -0.25) is 15.2 Å². The molecule has 0 radical (unpaired) electrons. The van der Waals surface area contributed by atoms with E-state index in [1.807, 2.05) is 0 Å². The number of anilines is 1. The van der Waals surface area contributed by atoms with Crippen molar-refractivity contribution in [3.05, 3.63) is 34.6 Å². The van der Waals surface area contributed by atoms with E-state index in [4.69, 9.17) is 11.6 Å². The van der Waals surface area contributed by atoms with Gasteiger partial charge in [0, 0.05) is 13.1 Å². The number of benzene rings is 1. The Morgan fingerprint density at radius 1 is 1.26 bits per heavy atom. The maximum Gasteiger partial charge on any atom is 0.451 e. The zero-order valence-corrected chi connectivity index (χ0v) is 15.1. The van der Waals surface area contributed by atoms with E-state index in [-0.39, 0.29) is 15.5 Å². The Hall–Kier alpha value is -2.18. The standard InChI is InChI=1S/C14H13ClF3N5O3S/c15-10-4-3-8(27(25,26)23-5-1-2-6-23)7-9(10)11(24)19-13-20-12(21-22-13)14(16,17)18/h3-4,7H,1-2,5-6H2,(H2,19,20,21,22,24). The van der Waals surface area contributed by atoms with Gasteiger partial charge >= 0.3 is 6.18 Å². The molecule has 0 atom stereocenters. The maximum absolute atomic E-state index is 12.6. The molecular formula is C14H13ClF3N5O3S. The minimum absolute atomic E-state index is 0.0700. The van der Waals surface area contributed by atoms with Crippen LogP contribution in [0.15, 0.2) is 23.1 Å². The van der Waals surface area contributed by atoms with Crippen molar-refractivity contribution in [3.63, 3.8) is 0 Å². The molecule has 0 saturated carbocycles. The highest BCUT2D eigenvalue weighted by atomic mass is 35.5. The topological polar surface area (TPSA) is 108 Å². The van der Waals surface area contributed by atoms with Gasteiger partial charge in [0.25, 0.3) is 5.91 Å². The molecule has 3 rings (SSSR count). The predicted octanol–water partition coefficient (Wildman–Crippen LogP) is 2.51. The number of sulfonamides is 1. The minimum Gasteiger partial charge on any atom is -0.289 e. The Balaban J connectivity index is 1.85. The van der Waals surface area contributed by atoms with E-state index in [0.29, 0.717) is 13.1 Å². The third-order valence-corrected chi connectivity index (χ3v) is 6.09. The fourth-order valence-corrected chi connectivity index (χ4v) is 4.28. The van der Waals surface area contributed by atoms with Crippen molar-refractivity contribution in [2.24, 2.45) is 0 Å². The number of rotatable bonds is 4. The molecule has 1 aromatic heterocycles. The number of nitrogens with zero attached hydrogens (tertiary/aromatic N) is 3. The zero-order valence-electron chi connectivity index (χ0n) is 13.5. The zero-order chi connectivity index (χ0) is 19.8. The van der Waals surface area contributed by atoms with E-state index >= 15 is 0 Å². The Morgan fingerprint density at radius 3 is 2.52 bits per heavy atom. The predicted molar refractivity (Wildman–Crippen MR) is 88.8 cm³/mol. The number of hydrogen-bond acceptors (Lipinski definition) is 5. The molecule has 2 N–H and O–H groups in total. The number of aromatic amines is 1. The molecule has 2 heterocycles. The molecular weight excluding hydrogens is 411 g/mol. The number of H-pyrrole nitrogens is 1. The van der Waals surface area contributed by atoms with Crippen LogP contribution in [0.2, 0.25) is 5.02 Å². The molecule has 1 aliphatic heterocycles. The highest BCUT2D eigenvalue weighted by Gasteiger charge is 2.35. The average Bonchev–Trinajstić information content (AvgIpc) is 3.26. The van der Waals surface area contributed by atoms with Crippen LogP contribution in [0.5, 0.6) is 0 Å². The molecule has 13 heteroatoms. The molecule has 1 saturated heterocycles. The van der Waals surface area contributed by atoms with Gasteiger partial charge in [-0.25, -0.2) is 8.42 Å². The third kappa shape index (κ3) is 4.06. The van der Waals surface area contributed by atoms with Crippen molar-refractivity contribution >= 4 is 33.5 Å². The highest BCUT2D eigenvalue weighted by molar-refractivity contribution is 7.89. The lowest BCUT2D eigenvalue weighted by molar-refractivity contribution is -0.144. The third-order valence-electron chi connectivity index (χ3n) is 3.86. The fraction of sp³-hybridized carbons (Fsp3) is 0.357. The van der Waals surface area contributed by atoms with Crippen LogP contribution < -0.4 is 5.32 Å². The smallest absolute Gasteiger partial charge is 0.289 e. The summed E-state index contributed by atoms with van der Waals surface area (Å²) in [5.74, 6) is -2.93. The molecule has 27 heavy (non-hydrogen) atoms. The molecule has 0 bridgehead atoms. The van der Waals surface area contributed by atoms with Crippen molar-refractivity contribution in [1.82, 2.24) is 19.5 Å². The van der Waals surface area contributed by atoms with E-state index in [1.165, 1.54) is 16.4 Å². The molecule has 0 spiro atoms. The van der Waals surface area contributed by atoms with Crippen LogP contribution in [0.4, 0.5) is 19.1 Å². The second-order valence-corrected chi connectivity index (χ2v) is 8.06. The molecule has 1 amide bonds. The summed E-state index contributed by atoms with van der Waals surface area (Å²) in [7, 11) is -3.79. The van der Waals surface area contributed by atoms with Crippen LogP contribution >= 0.6 is 11.6 Å². The lowest BCUT2D eigenvalue weighted by atomic mass is 10.2. The van der Waals surface area contributed by atoms with Gasteiger partial charge < -0.3 is 0 Å². The Morgan fingerprint density at radius 2 is 1.93 bits per heavy atom. The normalized spacial score (nSPS) is 15.9. The quantitative estimate of drug-likeness (QED) is 0.785. The molecule has 0 aliphatic carbocycles. The first-order valence-electron chi connectivity index (χ1n) is 7.70. The Labute approximate surface area is 156 Å². The van der Waals surface area contributed by atoms with Gasteiger partial charge in [-0.2, -0.15) is 22.5 Å². The van der Waals surface area contributed by atoms with E-state index in [2.05, 4.69) is 15.4 Å². The van der Waals surface area contributed by atoms with Gasteiger partial charge in [0.1, 0.15) is 0 Å². The Bertz CT molecular complexity index is 971. The number of carbonyl (C=O) groups excluding carboxylic acids is 1. The highest BCUT2D eigenvalue weighted by Crippen LogP contribution is 2.27. The van der Waals surface area contributed by atoms with Gasteiger partial charge in [0.15, 0.2) is 0 Å². The summed E-state index contributed by atoms with van der Waals surface area (Å²) < 4.78 is 64.0. The van der Waals surface area contributed by atoms with Crippen LogP contribution in [0.3, 0.4) is 0 Å². The lowest BCUT2D eigenvalue weighted by Gasteiger charge is -2.16. The first kappa shape index (κ1) is 19.6. The summed E-state index contributed by atoms with van der Waals surface area (Å²) in [5.41, 5.74) is -0.227. The number of halogens is 4. The minimum atomic E-state index is -4.75. The molecule has 1 fully saturated rings. The number of amides is 1.